The highest BCUT2D eigenvalue weighted by Crippen LogP contribution is 2.27. The van der Waals surface area contributed by atoms with E-state index < -0.39 is 16.1 Å². The summed E-state index contributed by atoms with van der Waals surface area (Å²) in [6.45, 7) is 8.00. The Morgan fingerprint density at radius 3 is 2.52 bits per heavy atom. The van der Waals surface area contributed by atoms with Crippen LogP contribution in [-0.2, 0) is 16.6 Å². The van der Waals surface area contributed by atoms with Crippen molar-refractivity contribution in [1.82, 2.24) is 14.3 Å². The first-order valence-electron chi connectivity index (χ1n) is 9.30. The molecule has 0 bridgehead atoms. The van der Waals surface area contributed by atoms with E-state index in [-0.39, 0.29) is 4.90 Å². The second-order valence-corrected chi connectivity index (χ2v) is 8.92. The predicted octanol–water partition coefficient (Wildman–Crippen LogP) is 5.01. The van der Waals surface area contributed by atoms with Crippen LogP contribution in [0.2, 0.25) is 5.02 Å². The number of aromatic nitrogens is 2. The Kier molecular flexibility index (Phi) is 6.31. The van der Waals surface area contributed by atoms with Crippen molar-refractivity contribution in [3.05, 3.63) is 70.5 Å². The zero-order valence-electron chi connectivity index (χ0n) is 16.8. The number of hydrogen-bond acceptors (Lipinski definition) is 4. The molecule has 0 saturated carbocycles. The monoisotopic (exact) mass is 433 g/mol. The second kappa shape index (κ2) is 8.57. The fourth-order valence-electron chi connectivity index (χ4n) is 3.06. The maximum absolute atomic E-state index is 12.9. The van der Waals surface area contributed by atoms with Gasteiger partial charge >= 0.3 is 6.01 Å². The molecule has 3 aromatic rings. The van der Waals surface area contributed by atoms with Gasteiger partial charge in [-0.15, -0.1) is 0 Å². The fraction of sp³-hybridized carbons (Fsp3) is 0.286. The molecule has 1 unspecified atom stereocenters. The highest BCUT2D eigenvalue weighted by molar-refractivity contribution is 7.89. The van der Waals surface area contributed by atoms with Gasteiger partial charge in [0, 0.05) is 11.6 Å². The van der Waals surface area contributed by atoms with Crippen molar-refractivity contribution < 1.29 is 13.2 Å². The summed E-state index contributed by atoms with van der Waals surface area (Å²) >= 11 is 6.09. The van der Waals surface area contributed by atoms with Crippen molar-refractivity contribution in [2.45, 2.75) is 45.2 Å². The third-order valence-electron chi connectivity index (χ3n) is 4.68. The summed E-state index contributed by atoms with van der Waals surface area (Å²) < 4.78 is 36.2. The van der Waals surface area contributed by atoms with Gasteiger partial charge in [0.15, 0.2) is 0 Å². The summed E-state index contributed by atoms with van der Waals surface area (Å²) in [6.07, 6.45) is 1.63. The van der Waals surface area contributed by atoms with Gasteiger partial charge in [0.05, 0.1) is 22.8 Å². The molecule has 3 rings (SSSR count). The number of imidazole rings is 1. The number of nitrogens with one attached hydrogen (secondary N) is 1. The summed E-state index contributed by atoms with van der Waals surface area (Å²) in [5, 5.41) is 0.410. The van der Waals surface area contributed by atoms with Gasteiger partial charge in [-0.3, -0.25) is 4.57 Å². The lowest BCUT2D eigenvalue weighted by atomic mass is 10.2. The first-order valence-corrected chi connectivity index (χ1v) is 11.2. The average Bonchev–Trinajstić information content (AvgIpc) is 3.08. The lowest BCUT2D eigenvalue weighted by Gasteiger charge is -2.18. The molecule has 1 N–H and O–H groups in total. The van der Waals surface area contributed by atoms with E-state index in [4.69, 9.17) is 16.3 Å². The predicted molar refractivity (Wildman–Crippen MR) is 114 cm³/mol. The molecular formula is C21H24ClN3O3S. The zero-order valence-corrected chi connectivity index (χ0v) is 18.4. The Morgan fingerprint density at radius 1 is 1.17 bits per heavy atom. The minimum Gasteiger partial charge on any atom is -0.426 e. The van der Waals surface area contributed by atoms with Crippen molar-refractivity contribution in [2.75, 3.05) is 0 Å². The number of ether oxygens (including phenoxy) is 1. The molecule has 29 heavy (non-hydrogen) atoms. The molecule has 1 atom stereocenters. The first kappa shape index (κ1) is 21.4. The van der Waals surface area contributed by atoms with Gasteiger partial charge in [-0.25, -0.2) is 18.1 Å². The Morgan fingerprint density at radius 2 is 1.86 bits per heavy atom. The fourth-order valence-corrected chi connectivity index (χ4v) is 4.78. The quantitative estimate of drug-likeness (QED) is 0.568. The van der Waals surface area contributed by atoms with Crippen molar-refractivity contribution in [1.29, 1.82) is 0 Å². The zero-order chi connectivity index (χ0) is 21.2. The molecule has 6 nitrogen and oxygen atoms in total. The van der Waals surface area contributed by atoms with Crippen LogP contribution >= 0.6 is 11.6 Å². The van der Waals surface area contributed by atoms with E-state index in [1.165, 1.54) is 0 Å². The van der Waals surface area contributed by atoms with Crippen molar-refractivity contribution in [2.24, 2.45) is 0 Å². The van der Waals surface area contributed by atoms with Crippen LogP contribution in [0.15, 0.2) is 53.6 Å². The highest BCUT2D eigenvalue weighted by Gasteiger charge is 2.24. The van der Waals surface area contributed by atoms with Crippen LogP contribution in [0.25, 0.3) is 0 Å². The van der Waals surface area contributed by atoms with Crippen LogP contribution in [0, 0.1) is 13.8 Å². The van der Waals surface area contributed by atoms with E-state index in [1.54, 1.807) is 38.2 Å². The van der Waals surface area contributed by atoms with Gasteiger partial charge in [0.2, 0.25) is 10.0 Å². The van der Waals surface area contributed by atoms with Crippen LogP contribution in [0.4, 0.5) is 0 Å². The normalized spacial score (nSPS) is 12.7. The topological polar surface area (TPSA) is 73.2 Å². The summed E-state index contributed by atoms with van der Waals surface area (Å²) in [7, 11) is -3.76. The molecule has 1 heterocycles. The van der Waals surface area contributed by atoms with E-state index in [0.29, 0.717) is 34.6 Å². The molecular weight excluding hydrogens is 410 g/mol. The van der Waals surface area contributed by atoms with E-state index in [0.717, 1.165) is 5.56 Å². The molecule has 0 spiro atoms. The standard InChI is InChI=1S/C21H24ClN3O3S/c1-5-25-19(13-23-21(25)28-17-11-9-14(2)10-12-17)16(4)24-29(26,27)20-8-6-7-18(22)15(20)3/h6-13,16,24H,5H2,1-4H3. The molecule has 0 aliphatic rings. The molecule has 0 fully saturated rings. The lowest BCUT2D eigenvalue weighted by Crippen LogP contribution is -2.29. The van der Waals surface area contributed by atoms with Crippen LogP contribution in [0.3, 0.4) is 0 Å². The summed E-state index contributed by atoms with van der Waals surface area (Å²) in [6, 6.07) is 12.4. The van der Waals surface area contributed by atoms with E-state index in [1.807, 2.05) is 42.7 Å². The van der Waals surface area contributed by atoms with Crippen LogP contribution < -0.4 is 9.46 Å². The van der Waals surface area contributed by atoms with Gasteiger partial charge in [-0.05, 0) is 57.5 Å². The highest BCUT2D eigenvalue weighted by atomic mass is 35.5. The maximum atomic E-state index is 12.9. The summed E-state index contributed by atoms with van der Waals surface area (Å²) in [4.78, 5) is 4.51. The molecule has 1 aromatic heterocycles. The molecule has 0 aliphatic carbocycles. The molecule has 0 aliphatic heterocycles. The smallest absolute Gasteiger partial charge is 0.302 e. The molecule has 0 radical (unpaired) electrons. The maximum Gasteiger partial charge on any atom is 0.302 e. The van der Waals surface area contributed by atoms with Gasteiger partial charge in [-0.2, -0.15) is 0 Å². The number of benzene rings is 2. The number of hydrogen-bond donors (Lipinski definition) is 1. The Labute approximate surface area is 176 Å². The third-order valence-corrected chi connectivity index (χ3v) is 6.77. The largest absolute Gasteiger partial charge is 0.426 e. The third kappa shape index (κ3) is 4.63. The van der Waals surface area contributed by atoms with Gasteiger partial charge in [0.25, 0.3) is 0 Å². The van der Waals surface area contributed by atoms with Gasteiger partial charge < -0.3 is 4.74 Å². The number of nitrogens with zero attached hydrogens (tertiary/aromatic N) is 2. The van der Waals surface area contributed by atoms with Crippen molar-refractivity contribution in [3.8, 4) is 11.8 Å². The molecule has 0 saturated heterocycles. The summed E-state index contributed by atoms with van der Waals surface area (Å²) in [5.41, 5.74) is 2.36. The van der Waals surface area contributed by atoms with E-state index >= 15 is 0 Å². The number of rotatable bonds is 7. The van der Waals surface area contributed by atoms with Crippen molar-refractivity contribution >= 4 is 21.6 Å². The SMILES string of the molecule is CCn1c(C(C)NS(=O)(=O)c2cccc(Cl)c2C)cnc1Oc1ccc(C)cc1. The van der Waals surface area contributed by atoms with Gasteiger partial charge in [0.1, 0.15) is 5.75 Å². The Bertz CT molecular complexity index is 1110. The van der Waals surface area contributed by atoms with Gasteiger partial charge in [-0.1, -0.05) is 35.4 Å². The summed E-state index contributed by atoms with van der Waals surface area (Å²) in [5.74, 6) is 0.672. The minimum atomic E-state index is -3.76. The lowest BCUT2D eigenvalue weighted by molar-refractivity contribution is 0.408. The van der Waals surface area contributed by atoms with E-state index in [9.17, 15) is 8.42 Å². The van der Waals surface area contributed by atoms with Crippen LogP contribution in [-0.4, -0.2) is 18.0 Å². The van der Waals surface area contributed by atoms with Crippen LogP contribution in [0.5, 0.6) is 11.8 Å². The van der Waals surface area contributed by atoms with Crippen molar-refractivity contribution in [3.63, 3.8) is 0 Å². The average molecular weight is 434 g/mol. The molecule has 8 heteroatoms. The van der Waals surface area contributed by atoms with E-state index in [2.05, 4.69) is 9.71 Å². The Balaban J connectivity index is 1.85. The second-order valence-electron chi connectivity index (χ2n) is 6.83. The number of aryl methyl sites for hydroxylation is 1. The molecule has 2 aromatic carbocycles. The molecule has 154 valence electrons. The Hall–Kier alpha value is -2.35. The minimum absolute atomic E-state index is 0.163. The number of sulfonamides is 1. The first-order chi connectivity index (χ1) is 13.7. The molecule has 0 amide bonds. The number of halogens is 1. The van der Waals surface area contributed by atoms with Crippen LogP contribution in [0.1, 0.15) is 36.7 Å².